The second-order valence-corrected chi connectivity index (χ2v) is 28.1. The Balaban J connectivity index is 1.18. The number of carbonyl (C=O) groups is 14. The Labute approximate surface area is 566 Å². The lowest BCUT2D eigenvalue weighted by atomic mass is 9.83. The molecule has 4 aliphatic rings. The molecular weight excluding hydrogens is 1300 g/mol. The molecule has 13 N–H and O–H groups in total. The van der Waals surface area contributed by atoms with Crippen LogP contribution in [-0.4, -0.2) is 209 Å². The van der Waals surface area contributed by atoms with Gasteiger partial charge in [0, 0.05) is 93.4 Å². The van der Waals surface area contributed by atoms with Crippen LogP contribution in [0.25, 0.3) is 10.9 Å². The monoisotopic (exact) mass is 1390 g/mol. The van der Waals surface area contributed by atoms with Gasteiger partial charge in [0.2, 0.25) is 65.0 Å². The van der Waals surface area contributed by atoms with E-state index < -0.39 is 210 Å². The van der Waals surface area contributed by atoms with Crippen molar-refractivity contribution in [1.82, 2.24) is 46.7 Å². The molecule has 32 heteroatoms. The molecule has 3 aromatic rings. The van der Waals surface area contributed by atoms with Crippen molar-refractivity contribution in [2.45, 2.75) is 159 Å². The van der Waals surface area contributed by atoms with Gasteiger partial charge in [-0.3, -0.25) is 76.2 Å². The quantitative estimate of drug-likeness (QED) is 0.0551. The number of fused-ring (bicyclic) bond motifs is 5. The van der Waals surface area contributed by atoms with E-state index in [1.807, 2.05) is 0 Å². The van der Waals surface area contributed by atoms with Crippen molar-refractivity contribution in [3.05, 3.63) is 53.6 Å². The molecule has 2 aromatic carbocycles. The molecule has 0 spiro atoms. The number of carbonyl (C=O) groups excluding carboxylic acids is 14. The summed E-state index contributed by atoms with van der Waals surface area (Å²) in [6.45, 7) is 6.70. The van der Waals surface area contributed by atoms with Gasteiger partial charge in [0.1, 0.15) is 29.5 Å². The molecule has 2 fully saturated rings. The normalized spacial score (nSPS) is 25.2. The number of anilines is 1. The largest absolute Gasteiger partial charge is 0.489 e. The molecule has 0 radical (unpaired) electrons. The maximum absolute atomic E-state index is 15.2. The third-order valence-electron chi connectivity index (χ3n) is 18.1. The maximum Gasteiger partial charge on any atom is 0.243 e. The maximum atomic E-state index is 15.2. The van der Waals surface area contributed by atoms with Gasteiger partial charge in [-0.2, -0.15) is 11.8 Å². The number of imide groups is 1. The molecule has 4 aliphatic heterocycles. The van der Waals surface area contributed by atoms with E-state index in [4.69, 9.17) is 10.5 Å². The second kappa shape index (κ2) is 34.2. The Morgan fingerprint density at radius 2 is 1.51 bits per heavy atom. The van der Waals surface area contributed by atoms with Gasteiger partial charge in [-0.15, -0.1) is 0 Å². The lowest BCUT2D eigenvalue weighted by molar-refractivity contribution is -0.145. The average Bonchev–Trinajstić information content (AvgIpc) is 1.69. The van der Waals surface area contributed by atoms with Crippen LogP contribution >= 0.6 is 11.8 Å². The number of aliphatic hydroxyl groups excluding tert-OH is 3. The first-order valence-corrected chi connectivity index (χ1v) is 34.8. The van der Waals surface area contributed by atoms with E-state index in [2.05, 4.69) is 42.2 Å². The van der Waals surface area contributed by atoms with Gasteiger partial charge in [-0.25, -0.2) is 0 Å². The SMILES string of the molecule is CC[C@H](C)[C@@H]1NC(=O)CNC(=O)C2Cc3c([nH]c4cc(OCc5ccc(NC(=O)[C@H](C)CC(=O)[C@@H](NC(=O)CCN6C(=O)CC(SC)C6=O)C(C)C)cc5)ccc34)S(=O)C[C@H](NC(=O)CNC1=O)C(=O)C[C@@H](CC(N)=O)C(=O)N1C[C@H](O)C[C@H]1C(=O)C[C@@H]([C@@H](C)[C@@H](O)CO)C(=O)N2. The second-order valence-electron chi connectivity index (χ2n) is 25.6. The van der Waals surface area contributed by atoms with Crippen molar-refractivity contribution >= 4 is 121 Å². The van der Waals surface area contributed by atoms with Gasteiger partial charge >= 0.3 is 0 Å². The first-order chi connectivity index (χ1) is 45.9. The smallest absolute Gasteiger partial charge is 0.243 e. The number of aromatic nitrogens is 1. The van der Waals surface area contributed by atoms with Gasteiger partial charge in [0.05, 0.1) is 83.3 Å². The number of likely N-dealkylation sites (tertiary alicyclic amines) is 1. The number of hydrogen-bond donors (Lipinski definition) is 12. The number of thioether (sulfide) groups is 1. The highest BCUT2D eigenvalue weighted by atomic mass is 32.2. The van der Waals surface area contributed by atoms with E-state index in [1.54, 1.807) is 77.3 Å². The molecule has 1 aromatic heterocycles. The highest BCUT2D eigenvalue weighted by Gasteiger charge is 2.46. The van der Waals surface area contributed by atoms with Crippen molar-refractivity contribution in [2.75, 3.05) is 50.1 Å². The van der Waals surface area contributed by atoms with Crippen LogP contribution in [-0.2, 0) is 91.0 Å². The molecule has 30 nitrogen and oxygen atoms in total. The van der Waals surface area contributed by atoms with E-state index in [1.165, 1.54) is 24.8 Å². The predicted molar refractivity (Wildman–Crippen MR) is 351 cm³/mol. The fraction of sp³-hybridized carbons (Fsp3) is 0.569. The van der Waals surface area contributed by atoms with Crippen LogP contribution in [0.5, 0.6) is 5.75 Å². The van der Waals surface area contributed by atoms with Crippen LogP contribution in [0.3, 0.4) is 0 Å². The Bertz CT molecular complexity index is 3550. The van der Waals surface area contributed by atoms with Crippen molar-refractivity contribution in [3.8, 4) is 5.75 Å². The predicted octanol–water partition coefficient (Wildman–Crippen LogP) is -1.31. The molecule has 5 heterocycles. The number of nitrogens with two attached hydrogens (primary N) is 1. The van der Waals surface area contributed by atoms with E-state index in [9.17, 15) is 82.4 Å². The molecule has 3 unspecified atom stereocenters. The number of amides is 11. The van der Waals surface area contributed by atoms with Gasteiger partial charge < -0.3 is 72.9 Å². The lowest BCUT2D eigenvalue weighted by Gasteiger charge is -2.31. The molecule has 0 aliphatic carbocycles. The number of ether oxygens (including phenoxy) is 1. The van der Waals surface area contributed by atoms with Crippen molar-refractivity contribution in [2.24, 2.45) is 41.2 Å². The molecule has 97 heavy (non-hydrogen) atoms. The number of primary amides is 1. The summed E-state index contributed by atoms with van der Waals surface area (Å²) in [6.07, 6.45) is -4.52. The van der Waals surface area contributed by atoms with Gasteiger partial charge in [-0.1, -0.05) is 60.1 Å². The van der Waals surface area contributed by atoms with Gasteiger partial charge in [0.25, 0.3) is 0 Å². The standard InChI is InChI=1S/C65H87N11O19S2/c1-8-32(4)58-62(91)68-25-54(85)70-45-30-97(94)63-42(22-44(61(90)67-26-55(86)74-58)71-60(89)41(34(6)50(82)28-77)23-48(80)46-20-38(78)27-76(46)64(92)36(18-47(45)79)19-52(66)83)40-14-13-39(21-43(40)72-63)95-29-35-9-11-37(12-10-35)69-59(88)33(5)17-49(81)57(31(2)3)73-53(84)15-16-75-56(87)24-51(96-7)65(75)93/h9-14,21,31-34,36,38,41,44-46,50-51,57-58,72,77-78,82H,8,15-20,22-30H2,1-7H3,(H2,66,83)(H,67,90)(H,68,91)(H,69,88)(H,70,85)(H,71,89)(H,73,84)(H,74,86)/t32-,33+,34+,36-,38+,41-,44?,45-,46-,50-,51?,57-,58-,97?/m0/s1. The third-order valence-corrected chi connectivity index (χ3v) is 20.5. The Morgan fingerprint density at radius 3 is 2.14 bits per heavy atom. The van der Waals surface area contributed by atoms with E-state index >= 15 is 4.21 Å². The molecular formula is C65H87N11O19S2. The highest BCUT2D eigenvalue weighted by molar-refractivity contribution is 8.00. The van der Waals surface area contributed by atoms with Gasteiger partial charge in [-0.05, 0) is 59.4 Å². The number of aliphatic hydroxyl groups is 3. The Kier molecular flexibility index (Phi) is 26.7. The van der Waals surface area contributed by atoms with Crippen LogP contribution in [0.4, 0.5) is 5.69 Å². The van der Waals surface area contributed by atoms with Crippen LogP contribution in [0, 0.1) is 35.5 Å². The molecule has 0 saturated carbocycles. The number of hydrogen-bond acceptors (Lipinski definition) is 20. The van der Waals surface area contributed by atoms with Crippen molar-refractivity contribution < 1.29 is 91.4 Å². The fourth-order valence-corrected chi connectivity index (χ4v) is 14.2. The number of Topliss-reactive ketones (excluding diaryl/α,β-unsaturated/α-hetero) is 3. The lowest BCUT2D eigenvalue weighted by Crippen LogP contribution is -2.56. The first-order valence-electron chi connectivity index (χ1n) is 32.2. The minimum Gasteiger partial charge on any atom is -0.489 e. The number of H-pyrrole nitrogens is 1. The number of nitrogens with one attached hydrogen (secondary N) is 8. The molecule has 2 bridgehead atoms. The zero-order valence-electron chi connectivity index (χ0n) is 55.1. The number of nitrogens with zero attached hydrogens (tertiary/aromatic N) is 2. The summed E-state index contributed by atoms with van der Waals surface area (Å²) in [6, 6.07) is 4.01. The van der Waals surface area contributed by atoms with Gasteiger partial charge in [0.15, 0.2) is 17.3 Å². The topological polar surface area (TPSA) is 458 Å². The number of aromatic amines is 1. The molecule has 14 atom stereocenters. The first kappa shape index (κ1) is 75.9. The average molecular weight is 1390 g/mol. The summed E-state index contributed by atoms with van der Waals surface area (Å²) in [5, 5.41) is 49.8. The number of benzene rings is 2. The van der Waals surface area contributed by atoms with Crippen molar-refractivity contribution in [3.63, 3.8) is 0 Å². The summed E-state index contributed by atoms with van der Waals surface area (Å²) in [7, 11) is -2.43. The van der Waals surface area contributed by atoms with E-state index in [0.717, 1.165) is 9.80 Å². The Morgan fingerprint density at radius 1 is 0.825 bits per heavy atom. The zero-order chi connectivity index (χ0) is 71.3. The molecule has 2 saturated heterocycles. The van der Waals surface area contributed by atoms with Crippen LogP contribution in [0.2, 0.25) is 0 Å². The van der Waals surface area contributed by atoms with Crippen LogP contribution in [0.1, 0.15) is 104 Å². The fourth-order valence-electron chi connectivity index (χ4n) is 12.1. The summed E-state index contributed by atoms with van der Waals surface area (Å²) in [5.41, 5.74) is 6.95. The highest BCUT2D eigenvalue weighted by Crippen LogP contribution is 2.33. The third kappa shape index (κ3) is 19.7. The molecule has 528 valence electrons. The Hall–Kier alpha value is -8.46. The van der Waals surface area contributed by atoms with E-state index in [0.29, 0.717) is 17.7 Å². The van der Waals surface area contributed by atoms with E-state index in [-0.39, 0.29) is 89.6 Å². The van der Waals surface area contributed by atoms with Crippen LogP contribution in [0.15, 0.2) is 47.5 Å². The summed E-state index contributed by atoms with van der Waals surface area (Å²) in [4.78, 5) is 197. The summed E-state index contributed by atoms with van der Waals surface area (Å²) < 4.78 is 21.4. The number of rotatable bonds is 21. The van der Waals surface area contributed by atoms with Crippen molar-refractivity contribution in [1.29, 1.82) is 0 Å². The summed E-state index contributed by atoms with van der Waals surface area (Å²) >= 11 is 1.26. The molecule has 7 rings (SSSR count). The minimum atomic E-state index is -2.43. The van der Waals surface area contributed by atoms with Crippen LogP contribution < -0.4 is 47.7 Å². The zero-order valence-corrected chi connectivity index (χ0v) is 56.7. The molecule has 11 amide bonds. The minimum absolute atomic E-state index is 0.0565. The number of ketones is 3. The summed E-state index contributed by atoms with van der Waals surface area (Å²) in [5.74, 6) is -17.3.